The maximum Gasteiger partial charge on any atom is 0.303 e. The van der Waals surface area contributed by atoms with Crippen LogP contribution in [0.25, 0.3) is 0 Å². The number of fused-ring (bicyclic) bond motifs is 1. The Morgan fingerprint density at radius 3 is 2.62 bits per heavy atom. The van der Waals surface area contributed by atoms with Gasteiger partial charge in [0.05, 0.1) is 11.4 Å². The van der Waals surface area contributed by atoms with Gasteiger partial charge in [0.25, 0.3) is 5.91 Å². The monoisotopic (exact) mass is 395 g/mol. The van der Waals surface area contributed by atoms with E-state index in [0.29, 0.717) is 24.1 Å². The summed E-state index contributed by atoms with van der Waals surface area (Å²) < 4.78 is 0. The van der Waals surface area contributed by atoms with Crippen LogP contribution in [-0.2, 0) is 16.0 Å². The van der Waals surface area contributed by atoms with Gasteiger partial charge < -0.3 is 20.6 Å². The van der Waals surface area contributed by atoms with E-state index < -0.39 is 5.97 Å². The molecule has 1 heterocycles. The first-order valence-electron chi connectivity index (χ1n) is 9.59. The van der Waals surface area contributed by atoms with Gasteiger partial charge in [-0.25, -0.2) is 0 Å². The van der Waals surface area contributed by atoms with E-state index in [2.05, 4.69) is 10.6 Å². The molecule has 1 aliphatic heterocycles. The number of carboxylic acid groups (broad SMARTS) is 1. The maximum absolute atomic E-state index is 12.8. The molecule has 29 heavy (non-hydrogen) atoms. The standard InChI is InChI=1S/C22H25N3O4/c1-14-21(28)24-18-13-16(8-10-19(18)25(14)2)22(29)23-17(9-11-20(26)27)12-15-6-4-3-5-7-15/h3-8,10,13-14,17H,9,11-12H2,1-2H3,(H,23,29)(H,24,28)(H,26,27). The van der Waals surface area contributed by atoms with Gasteiger partial charge in [0.15, 0.2) is 0 Å². The number of carbonyl (C=O) groups excluding carboxylic acids is 2. The molecular weight excluding hydrogens is 370 g/mol. The van der Waals surface area contributed by atoms with Crippen LogP contribution in [0.4, 0.5) is 11.4 Å². The Balaban J connectivity index is 1.76. The van der Waals surface area contributed by atoms with Crippen LogP contribution in [0, 0.1) is 0 Å². The highest BCUT2D eigenvalue weighted by Gasteiger charge is 2.27. The van der Waals surface area contributed by atoms with Crippen molar-refractivity contribution in [2.45, 2.75) is 38.3 Å². The van der Waals surface area contributed by atoms with E-state index in [1.807, 2.05) is 55.3 Å². The lowest BCUT2D eigenvalue weighted by molar-refractivity contribution is -0.137. The molecule has 0 bridgehead atoms. The van der Waals surface area contributed by atoms with Crippen LogP contribution in [0.1, 0.15) is 35.7 Å². The lowest BCUT2D eigenvalue weighted by Gasteiger charge is -2.33. The summed E-state index contributed by atoms with van der Waals surface area (Å²) in [5, 5.41) is 14.8. The lowest BCUT2D eigenvalue weighted by Crippen LogP contribution is -2.44. The average Bonchev–Trinajstić information content (AvgIpc) is 2.70. The summed E-state index contributed by atoms with van der Waals surface area (Å²) in [5.41, 5.74) is 2.88. The highest BCUT2D eigenvalue weighted by molar-refractivity contribution is 6.05. The zero-order valence-corrected chi connectivity index (χ0v) is 16.5. The van der Waals surface area contributed by atoms with Gasteiger partial charge in [-0.15, -0.1) is 0 Å². The largest absolute Gasteiger partial charge is 0.481 e. The average molecular weight is 395 g/mol. The van der Waals surface area contributed by atoms with E-state index in [-0.39, 0.29) is 30.3 Å². The number of carboxylic acids is 1. The fraction of sp³-hybridized carbons (Fsp3) is 0.318. The Hall–Kier alpha value is -3.35. The van der Waals surface area contributed by atoms with Gasteiger partial charge in [-0.05, 0) is 43.5 Å². The van der Waals surface area contributed by atoms with Gasteiger partial charge in [-0.3, -0.25) is 14.4 Å². The molecule has 0 fully saturated rings. The van der Waals surface area contributed by atoms with E-state index >= 15 is 0 Å². The van der Waals surface area contributed by atoms with Crippen LogP contribution < -0.4 is 15.5 Å². The number of carbonyl (C=O) groups is 3. The molecule has 2 unspecified atom stereocenters. The number of likely N-dealkylation sites (N-methyl/N-ethyl adjacent to an activating group) is 1. The number of amides is 2. The molecule has 0 radical (unpaired) electrons. The van der Waals surface area contributed by atoms with E-state index in [1.165, 1.54) is 0 Å². The molecule has 152 valence electrons. The van der Waals surface area contributed by atoms with Gasteiger partial charge in [-0.1, -0.05) is 30.3 Å². The number of benzene rings is 2. The number of rotatable bonds is 7. The molecule has 3 rings (SSSR count). The summed E-state index contributed by atoms with van der Waals surface area (Å²) in [4.78, 5) is 37.8. The van der Waals surface area contributed by atoms with Crippen molar-refractivity contribution in [2.75, 3.05) is 17.3 Å². The quantitative estimate of drug-likeness (QED) is 0.669. The second-order valence-electron chi connectivity index (χ2n) is 7.30. The van der Waals surface area contributed by atoms with Crippen LogP contribution in [0.2, 0.25) is 0 Å². The van der Waals surface area contributed by atoms with Crippen molar-refractivity contribution in [3.8, 4) is 0 Å². The molecule has 1 aliphatic rings. The number of nitrogens with zero attached hydrogens (tertiary/aromatic N) is 1. The molecule has 0 spiro atoms. The summed E-state index contributed by atoms with van der Waals surface area (Å²) >= 11 is 0. The first-order chi connectivity index (χ1) is 13.8. The van der Waals surface area contributed by atoms with Gasteiger partial charge in [0, 0.05) is 25.1 Å². The minimum Gasteiger partial charge on any atom is -0.481 e. The van der Waals surface area contributed by atoms with Crippen LogP contribution in [-0.4, -0.2) is 42.0 Å². The number of hydrogen-bond acceptors (Lipinski definition) is 4. The van der Waals surface area contributed by atoms with Crippen molar-refractivity contribution < 1.29 is 19.5 Å². The fourth-order valence-electron chi connectivity index (χ4n) is 3.40. The van der Waals surface area contributed by atoms with Crippen LogP contribution in [0.3, 0.4) is 0 Å². The normalized spacial score (nSPS) is 16.6. The van der Waals surface area contributed by atoms with Crippen LogP contribution in [0.5, 0.6) is 0 Å². The van der Waals surface area contributed by atoms with Gasteiger partial charge in [-0.2, -0.15) is 0 Å². The highest BCUT2D eigenvalue weighted by atomic mass is 16.4. The van der Waals surface area contributed by atoms with Gasteiger partial charge in [0.1, 0.15) is 6.04 Å². The summed E-state index contributed by atoms with van der Waals surface area (Å²) in [6.07, 6.45) is 0.848. The maximum atomic E-state index is 12.8. The van der Waals surface area contributed by atoms with E-state index in [0.717, 1.165) is 11.3 Å². The molecule has 0 saturated heterocycles. The molecule has 3 N–H and O–H groups in total. The predicted octanol–water partition coefficient (Wildman–Crippen LogP) is 2.67. The molecule has 0 aliphatic carbocycles. The molecule has 7 nitrogen and oxygen atoms in total. The molecule has 2 aromatic carbocycles. The van der Waals surface area contributed by atoms with Crippen molar-refractivity contribution in [3.63, 3.8) is 0 Å². The number of anilines is 2. The third-order valence-electron chi connectivity index (χ3n) is 5.22. The first kappa shape index (κ1) is 20.4. The fourth-order valence-corrected chi connectivity index (χ4v) is 3.40. The molecule has 7 heteroatoms. The third kappa shape index (κ3) is 4.93. The Morgan fingerprint density at radius 1 is 1.21 bits per heavy atom. The summed E-state index contributed by atoms with van der Waals surface area (Å²) in [6, 6.07) is 14.2. The second-order valence-corrected chi connectivity index (χ2v) is 7.30. The smallest absolute Gasteiger partial charge is 0.303 e. The SMILES string of the molecule is CC1C(=O)Nc2cc(C(=O)NC(CCC(=O)O)Cc3ccccc3)ccc2N1C. The molecule has 0 saturated carbocycles. The minimum absolute atomic E-state index is 0.0271. The van der Waals surface area contributed by atoms with Gasteiger partial charge in [0.2, 0.25) is 5.91 Å². The van der Waals surface area contributed by atoms with Crippen LogP contribution >= 0.6 is 0 Å². The molecule has 2 aromatic rings. The summed E-state index contributed by atoms with van der Waals surface area (Å²) in [6.45, 7) is 1.82. The zero-order valence-electron chi connectivity index (χ0n) is 16.5. The first-order valence-corrected chi connectivity index (χ1v) is 9.59. The summed E-state index contributed by atoms with van der Waals surface area (Å²) in [7, 11) is 1.84. The van der Waals surface area contributed by atoms with Crippen molar-refractivity contribution in [2.24, 2.45) is 0 Å². The Bertz CT molecular complexity index is 914. The third-order valence-corrected chi connectivity index (χ3v) is 5.22. The lowest BCUT2D eigenvalue weighted by atomic mass is 10.0. The number of hydrogen-bond donors (Lipinski definition) is 3. The van der Waals surface area contributed by atoms with E-state index in [4.69, 9.17) is 5.11 Å². The second kappa shape index (κ2) is 8.77. The van der Waals surface area contributed by atoms with Crippen molar-refractivity contribution in [3.05, 3.63) is 59.7 Å². The highest BCUT2D eigenvalue weighted by Crippen LogP contribution is 2.31. The van der Waals surface area contributed by atoms with Crippen molar-refractivity contribution in [1.82, 2.24) is 5.32 Å². The Morgan fingerprint density at radius 2 is 1.93 bits per heavy atom. The summed E-state index contributed by atoms with van der Waals surface area (Å²) in [5.74, 6) is -1.32. The Kier molecular flexibility index (Phi) is 6.16. The van der Waals surface area contributed by atoms with E-state index in [9.17, 15) is 14.4 Å². The predicted molar refractivity (Wildman–Crippen MR) is 111 cm³/mol. The van der Waals surface area contributed by atoms with Crippen LogP contribution in [0.15, 0.2) is 48.5 Å². The Labute approximate surface area is 169 Å². The molecular formula is C22H25N3O4. The molecule has 2 amide bonds. The minimum atomic E-state index is -0.897. The molecule has 0 aromatic heterocycles. The van der Waals surface area contributed by atoms with Crippen molar-refractivity contribution >= 4 is 29.2 Å². The number of aliphatic carboxylic acids is 1. The molecule has 2 atom stereocenters. The zero-order chi connectivity index (χ0) is 21.0. The van der Waals surface area contributed by atoms with E-state index in [1.54, 1.807) is 12.1 Å². The van der Waals surface area contributed by atoms with Gasteiger partial charge >= 0.3 is 5.97 Å². The van der Waals surface area contributed by atoms with Crippen molar-refractivity contribution in [1.29, 1.82) is 0 Å². The number of nitrogens with one attached hydrogen (secondary N) is 2. The topological polar surface area (TPSA) is 98.7 Å².